The van der Waals surface area contributed by atoms with E-state index in [4.69, 9.17) is 4.74 Å². The Balaban J connectivity index is 1.60. The second-order valence-corrected chi connectivity index (χ2v) is 6.72. The molecule has 2 N–H and O–H groups in total. The van der Waals surface area contributed by atoms with Crippen molar-refractivity contribution in [2.45, 2.75) is 19.5 Å². The van der Waals surface area contributed by atoms with E-state index in [1.807, 2.05) is 12.4 Å². The molecule has 0 bridgehead atoms. The summed E-state index contributed by atoms with van der Waals surface area (Å²) in [6.07, 6.45) is 3.80. The van der Waals surface area contributed by atoms with Crippen molar-refractivity contribution in [1.82, 2.24) is 25.3 Å². The van der Waals surface area contributed by atoms with E-state index in [9.17, 15) is 0 Å². The Hall–Kier alpha value is -1.96. The van der Waals surface area contributed by atoms with Crippen LogP contribution >= 0.6 is 11.3 Å². The average molecular weight is 329 g/mol. The van der Waals surface area contributed by atoms with Crippen molar-refractivity contribution in [1.29, 1.82) is 0 Å². The molecule has 0 radical (unpaired) electrons. The van der Waals surface area contributed by atoms with Crippen LogP contribution in [0.15, 0.2) is 29.9 Å². The van der Waals surface area contributed by atoms with E-state index in [1.54, 1.807) is 11.3 Å². The number of rotatable bonds is 4. The Bertz CT molecular complexity index is 763. The molecule has 0 amide bonds. The Morgan fingerprint density at radius 3 is 3.04 bits per heavy atom. The number of H-pyrrole nitrogens is 2. The van der Waals surface area contributed by atoms with Crippen molar-refractivity contribution >= 4 is 11.3 Å². The molecule has 1 fully saturated rings. The normalized spacial score (nSPS) is 19.3. The highest BCUT2D eigenvalue weighted by atomic mass is 32.1. The van der Waals surface area contributed by atoms with Gasteiger partial charge >= 0.3 is 0 Å². The highest BCUT2D eigenvalue weighted by Gasteiger charge is 2.28. The number of ether oxygens (including phenoxy) is 1. The molecule has 4 heterocycles. The number of nitrogens with zero attached hydrogens (tertiary/aromatic N) is 3. The molecule has 0 unspecified atom stereocenters. The van der Waals surface area contributed by atoms with Crippen molar-refractivity contribution < 1.29 is 4.74 Å². The van der Waals surface area contributed by atoms with Crippen molar-refractivity contribution in [3.8, 4) is 10.6 Å². The lowest BCUT2D eigenvalue weighted by atomic mass is 10.1. The third kappa shape index (κ3) is 2.83. The molecule has 6 nitrogen and oxygen atoms in total. The number of aromatic nitrogens is 4. The highest BCUT2D eigenvalue weighted by Crippen LogP contribution is 2.30. The first-order chi connectivity index (χ1) is 11.3. The summed E-state index contributed by atoms with van der Waals surface area (Å²) in [4.78, 5) is 3.66. The van der Waals surface area contributed by atoms with E-state index in [-0.39, 0.29) is 6.04 Å². The molecule has 3 aromatic rings. The predicted octanol–water partition coefficient (Wildman–Crippen LogP) is 2.74. The monoisotopic (exact) mass is 329 g/mol. The SMILES string of the molecule is Cc1cn[nH]c1[C@@H]1COCCN1Cc1cn[nH]c1-c1cccs1. The van der Waals surface area contributed by atoms with Gasteiger partial charge in [-0.2, -0.15) is 10.2 Å². The molecule has 1 aliphatic rings. The van der Waals surface area contributed by atoms with Crippen LogP contribution in [0, 0.1) is 6.92 Å². The van der Waals surface area contributed by atoms with Crippen molar-refractivity contribution in [2.24, 2.45) is 0 Å². The summed E-state index contributed by atoms with van der Waals surface area (Å²) in [5.41, 5.74) is 4.66. The summed E-state index contributed by atoms with van der Waals surface area (Å²) in [7, 11) is 0. The molecule has 1 saturated heterocycles. The van der Waals surface area contributed by atoms with Crippen LogP contribution in [-0.4, -0.2) is 45.1 Å². The first-order valence-corrected chi connectivity index (χ1v) is 8.58. The summed E-state index contributed by atoms with van der Waals surface area (Å²) in [5, 5.41) is 16.8. The van der Waals surface area contributed by atoms with Crippen LogP contribution in [-0.2, 0) is 11.3 Å². The van der Waals surface area contributed by atoms with Crippen LogP contribution in [0.2, 0.25) is 0 Å². The lowest BCUT2D eigenvalue weighted by Crippen LogP contribution is -2.39. The molecule has 1 aliphatic heterocycles. The summed E-state index contributed by atoms with van der Waals surface area (Å²) in [6, 6.07) is 4.39. The minimum Gasteiger partial charge on any atom is -0.378 e. The third-order valence-corrected chi connectivity index (χ3v) is 5.19. The zero-order chi connectivity index (χ0) is 15.6. The first kappa shape index (κ1) is 14.6. The van der Waals surface area contributed by atoms with Gasteiger partial charge in [0.2, 0.25) is 0 Å². The minimum absolute atomic E-state index is 0.206. The second kappa shape index (κ2) is 6.27. The zero-order valence-electron chi connectivity index (χ0n) is 13.0. The van der Waals surface area contributed by atoms with E-state index in [0.717, 1.165) is 31.1 Å². The molecule has 0 aliphatic carbocycles. The lowest BCUT2D eigenvalue weighted by Gasteiger charge is -2.35. The molecule has 1 atom stereocenters. The average Bonchev–Trinajstić information content (AvgIpc) is 3.29. The van der Waals surface area contributed by atoms with Crippen LogP contribution in [0.25, 0.3) is 10.6 Å². The van der Waals surface area contributed by atoms with E-state index >= 15 is 0 Å². The largest absolute Gasteiger partial charge is 0.378 e. The fourth-order valence-corrected chi connectivity index (χ4v) is 3.83. The summed E-state index contributed by atoms with van der Waals surface area (Å²) >= 11 is 1.73. The quantitative estimate of drug-likeness (QED) is 0.772. The van der Waals surface area contributed by atoms with Gasteiger partial charge in [-0.05, 0) is 23.9 Å². The van der Waals surface area contributed by atoms with Gasteiger partial charge in [-0.1, -0.05) is 6.07 Å². The topological polar surface area (TPSA) is 69.8 Å². The van der Waals surface area contributed by atoms with Crippen LogP contribution in [0.5, 0.6) is 0 Å². The summed E-state index contributed by atoms with van der Waals surface area (Å²) < 4.78 is 5.70. The number of hydrogen-bond acceptors (Lipinski definition) is 5. The third-order valence-electron chi connectivity index (χ3n) is 4.30. The van der Waals surface area contributed by atoms with Gasteiger partial charge in [0.15, 0.2) is 0 Å². The van der Waals surface area contributed by atoms with Gasteiger partial charge in [0.1, 0.15) is 0 Å². The highest BCUT2D eigenvalue weighted by molar-refractivity contribution is 7.13. The molecular formula is C16H19N5OS. The Morgan fingerprint density at radius 1 is 1.35 bits per heavy atom. The van der Waals surface area contributed by atoms with Crippen LogP contribution < -0.4 is 0 Å². The van der Waals surface area contributed by atoms with Crippen molar-refractivity contribution in [3.05, 3.63) is 46.7 Å². The van der Waals surface area contributed by atoms with Crippen LogP contribution in [0.4, 0.5) is 0 Å². The fourth-order valence-electron chi connectivity index (χ4n) is 3.07. The van der Waals surface area contributed by atoms with E-state index < -0.39 is 0 Å². The molecule has 120 valence electrons. The number of morpholine rings is 1. The Morgan fingerprint density at radius 2 is 2.26 bits per heavy atom. The molecular weight excluding hydrogens is 310 g/mol. The number of aryl methyl sites for hydroxylation is 1. The number of aromatic amines is 2. The number of nitrogens with one attached hydrogen (secondary N) is 2. The van der Waals surface area contributed by atoms with Crippen LogP contribution in [0.1, 0.15) is 22.9 Å². The van der Waals surface area contributed by atoms with Crippen molar-refractivity contribution in [2.75, 3.05) is 19.8 Å². The summed E-state index contributed by atoms with van der Waals surface area (Å²) in [6.45, 7) is 5.28. The van der Waals surface area contributed by atoms with Gasteiger partial charge < -0.3 is 4.74 Å². The molecule has 7 heteroatoms. The zero-order valence-corrected chi connectivity index (χ0v) is 13.8. The molecule has 4 rings (SSSR count). The Kier molecular flexibility index (Phi) is 3.99. The van der Waals surface area contributed by atoms with Crippen LogP contribution in [0.3, 0.4) is 0 Å². The molecule has 3 aromatic heterocycles. The second-order valence-electron chi connectivity index (χ2n) is 5.78. The number of thiophene rings is 1. The first-order valence-electron chi connectivity index (χ1n) is 7.70. The maximum atomic E-state index is 5.70. The van der Waals surface area contributed by atoms with Gasteiger partial charge in [-0.25, -0.2) is 0 Å². The molecule has 0 spiro atoms. The molecule has 0 aromatic carbocycles. The molecule has 23 heavy (non-hydrogen) atoms. The van der Waals surface area contributed by atoms with Gasteiger partial charge in [-0.15, -0.1) is 11.3 Å². The summed E-state index contributed by atoms with van der Waals surface area (Å²) in [5.74, 6) is 0. The maximum Gasteiger partial charge on any atom is 0.0794 e. The van der Waals surface area contributed by atoms with Gasteiger partial charge in [-0.3, -0.25) is 15.1 Å². The predicted molar refractivity (Wildman–Crippen MR) is 89.2 cm³/mol. The minimum atomic E-state index is 0.206. The number of hydrogen-bond donors (Lipinski definition) is 2. The van der Waals surface area contributed by atoms with Crippen molar-refractivity contribution in [3.63, 3.8) is 0 Å². The van der Waals surface area contributed by atoms with Gasteiger partial charge in [0, 0.05) is 18.7 Å². The van der Waals surface area contributed by atoms with E-state index in [1.165, 1.54) is 16.0 Å². The fraction of sp³-hybridized carbons (Fsp3) is 0.375. The maximum absolute atomic E-state index is 5.70. The Labute approximate surface area is 138 Å². The lowest BCUT2D eigenvalue weighted by molar-refractivity contribution is -0.0144. The smallest absolute Gasteiger partial charge is 0.0794 e. The van der Waals surface area contributed by atoms with E-state index in [2.05, 4.69) is 49.7 Å². The molecule has 0 saturated carbocycles. The van der Waals surface area contributed by atoms with Gasteiger partial charge in [0.25, 0.3) is 0 Å². The van der Waals surface area contributed by atoms with E-state index in [0.29, 0.717) is 6.61 Å². The standard InChI is InChI=1S/C16H19N5OS/c1-11-7-17-19-15(11)13-10-22-5-4-21(13)9-12-8-18-20-16(12)14-3-2-6-23-14/h2-3,6-8,13H,4-5,9-10H2,1H3,(H,17,19)(H,18,20)/t13-/m0/s1. The van der Waals surface area contributed by atoms with Gasteiger partial charge in [0.05, 0.1) is 47.9 Å².